The average molecular weight is 339 g/mol. The highest BCUT2D eigenvalue weighted by molar-refractivity contribution is 5.91. The number of methoxy groups -OCH3 is 1. The van der Waals surface area contributed by atoms with Gasteiger partial charge in [-0.1, -0.05) is 36.4 Å². The van der Waals surface area contributed by atoms with Crippen LogP contribution in [0.1, 0.15) is 28.8 Å². The van der Waals surface area contributed by atoms with Crippen molar-refractivity contribution in [1.29, 1.82) is 0 Å². The Balaban J connectivity index is 1.70. The van der Waals surface area contributed by atoms with Crippen LogP contribution in [0.3, 0.4) is 0 Å². The van der Waals surface area contributed by atoms with Crippen LogP contribution in [0, 0.1) is 0 Å². The van der Waals surface area contributed by atoms with Crippen molar-refractivity contribution in [2.45, 2.75) is 25.5 Å². The van der Waals surface area contributed by atoms with E-state index >= 15 is 0 Å². The van der Waals surface area contributed by atoms with Gasteiger partial charge in [-0.05, 0) is 36.6 Å². The Bertz CT molecular complexity index is 744. The molecule has 1 aliphatic heterocycles. The first-order valence-electron chi connectivity index (χ1n) is 8.34. The van der Waals surface area contributed by atoms with E-state index in [1.165, 1.54) is 7.11 Å². The van der Waals surface area contributed by atoms with Crippen molar-refractivity contribution in [3.8, 4) is 0 Å². The third-order valence-corrected chi connectivity index (χ3v) is 4.35. The summed E-state index contributed by atoms with van der Waals surface area (Å²) in [7, 11) is 1.40. The third kappa shape index (κ3) is 3.99. The fraction of sp³-hybridized carbons (Fsp3) is 0.300. The van der Waals surface area contributed by atoms with Crippen molar-refractivity contribution in [3.05, 3.63) is 65.7 Å². The minimum absolute atomic E-state index is 0.235. The molecule has 2 aromatic rings. The molecule has 1 aliphatic rings. The highest BCUT2D eigenvalue weighted by atomic mass is 16.5. The molecule has 0 aliphatic carbocycles. The molecule has 0 amide bonds. The molecular formula is C20H21NO4. The summed E-state index contributed by atoms with van der Waals surface area (Å²) < 4.78 is 10.3. The third-order valence-electron chi connectivity index (χ3n) is 4.35. The second-order valence-electron chi connectivity index (χ2n) is 5.99. The standard InChI is InChI=1S/C20H21NO4/c1-24-20(23)18-11-6-12-21(18)17-10-5-9-16(13-17)19(22)25-14-15-7-3-2-4-8-15/h2-5,7-10,13,18H,6,11-12,14H2,1H3. The van der Waals surface area contributed by atoms with E-state index < -0.39 is 0 Å². The van der Waals surface area contributed by atoms with E-state index in [1.807, 2.05) is 41.3 Å². The normalized spacial score (nSPS) is 16.5. The number of ether oxygens (including phenoxy) is 2. The SMILES string of the molecule is COC(=O)C1CCCN1c1cccc(C(=O)OCc2ccccc2)c1. The number of carbonyl (C=O) groups is 2. The molecule has 5 heteroatoms. The zero-order chi connectivity index (χ0) is 17.6. The Labute approximate surface area is 147 Å². The van der Waals surface area contributed by atoms with Gasteiger partial charge >= 0.3 is 11.9 Å². The summed E-state index contributed by atoms with van der Waals surface area (Å²) in [5, 5.41) is 0. The number of anilines is 1. The van der Waals surface area contributed by atoms with Crippen LogP contribution in [0.4, 0.5) is 5.69 Å². The minimum atomic E-state index is -0.375. The molecule has 130 valence electrons. The summed E-state index contributed by atoms with van der Waals surface area (Å²) in [6.45, 7) is 1.00. The van der Waals surface area contributed by atoms with Crippen LogP contribution in [0.5, 0.6) is 0 Å². The second kappa shape index (κ2) is 7.83. The molecule has 2 aromatic carbocycles. The predicted molar refractivity (Wildman–Crippen MR) is 94.4 cm³/mol. The van der Waals surface area contributed by atoms with Crippen LogP contribution in [0.25, 0.3) is 0 Å². The van der Waals surface area contributed by atoms with E-state index in [-0.39, 0.29) is 24.6 Å². The van der Waals surface area contributed by atoms with Crippen molar-refractivity contribution in [3.63, 3.8) is 0 Å². The minimum Gasteiger partial charge on any atom is -0.467 e. The highest BCUT2D eigenvalue weighted by Gasteiger charge is 2.31. The average Bonchev–Trinajstić information content (AvgIpc) is 3.16. The van der Waals surface area contributed by atoms with Gasteiger partial charge in [0.2, 0.25) is 0 Å². The fourth-order valence-electron chi connectivity index (χ4n) is 3.07. The smallest absolute Gasteiger partial charge is 0.338 e. The molecule has 3 rings (SSSR count). The van der Waals surface area contributed by atoms with Gasteiger partial charge in [0.05, 0.1) is 12.7 Å². The Morgan fingerprint density at radius 1 is 1.12 bits per heavy atom. The van der Waals surface area contributed by atoms with Crippen LogP contribution in [-0.4, -0.2) is 31.6 Å². The molecule has 1 saturated heterocycles. The van der Waals surface area contributed by atoms with Gasteiger partial charge in [0.25, 0.3) is 0 Å². The molecule has 0 N–H and O–H groups in total. The van der Waals surface area contributed by atoms with Crippen molar-refractivity contribution in [1.82, 2.24) is 0 Å². The molecule has 0 aromatic heterocycles. The number of carbonyl (C=O) groups excluding carboxylic acids is 2. The number of nitrogens with zero attached hydrogens (tertiary/aromatic N) is 1. The number of hydrogen-bond acceptors (Lipinski definition) is 5. The summed E-state index contributed by atoms with van der Waals surface area (Å²) in [5.41, 5.74) is 2.25. The second-order valence-corrected chi connectivity index (χ2v) is 5.99. The maximum absolute atomic E-state index is 12.3. The lowest BCUT2D eigenvalue weighted by atomic mass is 10.1. The molecule has 0 spiro atoms. The molecule has 0 radical (unpaired) electrons. The quantitative estimate of drug-likeness (QED) is 0.783. The fourth-order valence-corrected chi connectivity index (χ4v) is 3.07. The van der Waals surface area contributed by atoms with E-state index in [1.54, 1.807) is 18.2 Å². The molecule has 1 fully saturated rings. The lowest BCUT2D eigenvalue weighted by molar-refractivity contribution is -0.141. The van der Waals surface area contributed by atoms with Crippen LogP contribution < -0.4 is 4.90 Å². The van der Waals surface area contributed by atoms with Crippen LogP contribution in [0.2, 0.25) is 0 Å². The van der Waals surface area contributed by atoms with Crippen molar-refractivity contribution in [2.75, 3.05) is 18.6 Å². The van der Waals surface area contributed by atoms with E-state index in [2.05, 4.69) is 0 Å². The zero-order valence-corrected chi connectivity index (χ0v) is 14.2. The molecule has 0 saturated carbocycles. The van der Waals surface area contributed by atoms with Gasteiger partial charge in [-0.2, -0.15) is 0 Å². The van der Waals surface area contributed by atoms with Crippen molar-refractivity contribution in [2.24, 2.45) is 0 Å². The van der Waals surface area contributed by atoms with Gasteiger partial charge < -0.3 is 14.4 Å². The largest absolute Gasteiger partial charge is 0.467 e. The van der Waals surface area contributed by atoms with Gasteiger partial charge in [-0.25, -0.2) is 9.59 Å². The lowest BCUT2D eigenvalue weighted by Gasteiger charge is -2.25. The van der Waals surface area contributed by atoms with Gasteiger partial charge in [0, 0.05) is 12.2 Å². The van der Waals surface area contributed by atoms with Crippen LogP contribution in [-0.2, 0) is 20.9 Å². The van der Waals surface area contributed by atoms with Crippen molar-refractivity contribution < 1.29 is 19.1 Å². The molecule has 1 unspecified atom stereocenters. The van der Waals surface area contributed by atoms with Crippen molar-refractivity contribution >= 4 is 17.6 Å². The number of rotatable bonds is 5. The molecule has 1 atom stereocenters. The van der Waals surface area contributed by atoms with E-state index in [0.717, 1.165) is 30.6 Å². The van der Waals surface area contributed by atoms with Gasteiger partial charge in [-0.3, -0.25) is 0 Å². The van der Waals surface area contributed by atoms with Gasteiger partial charge in [-0.15, -0.1) is 0 Å². The summed E-state index contributed by atoms with van der Waals surface area (Å²) in [4.78, 5) is 26.2. The zero-order valence-electron chi connectivity index (χ0n) is 14.2. The first kappa shape index (κ1) is 17.0. The Morgan fingerprint density at radius 2 is 1.92 bits per heavy atom. The molecular weight excluding hydrogens is 318 g/mol. The lowest BCUT2D eigenvalue weighted by Crippen LogP contribution is -2.36. The Morgan fingerprint density at radius 3 is 2.68 bits per heavy atom. The summed E-state index contributed by atoms with van der Waals surface area (Å²) in [6, 6.07) is 16.5. The molecule has 1 heterocycles. The first-order valence-corrected chi connectivity index (χ1v) is 8.34. The highest BCUT2D eigenvalue weighted by Crippen LogP contribution is 2.27. The Kier molecular flexibility index (Phi) is 5.33. The monoisotopic (exact) mass is 339 g/mol. The van der Waals surface area contributed by atoms with Gasteiger partial charge in [0.15, 0.2) is 0 Å². The van der Waals surface area contributed by atoms with Crippen LogP contribution in [0.15, 0.2) is 54.6 Å². The first-order chi connectivity index (χ1) is 12.2. The Hall–Kier alpha value is -2.82. The number of benzene rings is 2. The van der Waals surface area contributed by atoms with E-state index in [9.17, 15) is 9.59 Å². The molecule has 5 nitrogen and oxygen atoms in total. The number of esters is 2. The maximum Gasteiger partial charge on any atom is 0.338 e. The maximum atomic E-state index is 12.3. The summed E-state index contributed by atoms with van der Waals surface area (Å²) in [6.07, 6.45) is 1.68. The van der Waals surface area contributed by atoms with E-state index in [4.69, 9.17) is 9.47 Å². The topological polar surface area (TPSA) is 55.8 Å². The summed E-state index contributed by atoms with van der Waals surface area (Å²) in [5.74, 6) is -0.617. The summed E-state index contributed by atoms with van der Waals surface area (Å²) >= 11 is 0. The predicted octanol–water partition coefficient (Wildman–Crippen LogP) is 3.19. The van der Waals surface area contributed by atoms with E-state index in [0.29, 0.717) is 5.56 Å². The molecule has 25 heavy (non-hydrogen) atoms. The van der Waals surface area contributed by atoms with Gasteiger partial charge in [0.1, 0.15) is 12.6 Å². The van der Waals surface area contributed by atoms with Crippen LogP contribution >= 0.6 is 0 Å². The molecule has 0 bridgehead atoms. The number of hydrogen-bond donors (Lipinski definition) is 0.